The molecule has 1 amide bonds. The maximum atomic E-state index is 12.8. The van der Waals surface area contributed by atoms with E-state index >= 15 is 0 Å². The molecule has 1 N–H and O–H groups in total. The molecule has 1 aromatic carbocycles. The molecular weight excluding hydrogens is 430 g/mol. The molecule has 31 heavy (non-hydrogen) atoms. The highest BCUT2D eigenvalue weighted by Gasteiger charge is 2.27. The number of aromatic nitrogens is 3. The van der Waals surface area contributed by atoms with Crippen LogP contribution in [-0.4, -0.2) is 41.1 Å². The van der Waals surface area contributed by atoms with Gasteiger partial charge in [0.25, 0.3) is 0 Å². The summed E-state index contributed by atoms with van der Waals surface area (Å²) in [6, 6.07) is 9.78. The van der Waals surface area contributed by atoms with Crippen molar-refractivity contribution in [2.24, 2.45) is 5.92 Å². The van der Waals surface area contributed by atoms with Crippen LogP contribution in [-0.2, 0) is 4.79 Å². The summed E-state index contributed by atoms with van der Waals surface area (Å²) < 4.78 is 6.42. The van der Waals surface area contributed by atoms with Crippen molar-refractivity contribution in [1.29, 1.82) is 0 Å². The average molecular weight is 452 g/mol. The molecule has 0 radical (unpaired) electrons. The van der Waals surface area contributed by atoms with Gasteiger partial charge in [0.1, 0.15) is 5.75 Å². The summed E-state index contributed by atoms with van der Waals surface area (Å²) in [6.07, 6.45) is 5.10. The van der Waals surface area contributed by atoms with Crippen LogP contribution in [0.4, 0.5) is 10.3 Å². The van der Waals surface area contributed by atoms with Crippen molar-refractivity contribution >= 4 is 49.1 Å². The van der Waals surface area contributed by atoms with E-state index in [1.165, 1.54) is 11.3 Å². The molecule has 4 heterocycles. The summed E-state index contributed by atoms with van der Waals surface area (Å²) in [5.74, 6) is 0.865. The predicted molar refractivity (Wildman–Crippen MR) is 125 cm³/mol. The quantitative estimate of drug-likeness (QED) is 0.475. The predicted octanol–water partition coefficient (Wildman–Crippen LogP) is 4.68. The van der Waals surface area contributed by atoms with Crippen LogP contribution >= 0.6 is 22.7 Å². The Labute approximate surface area is 187 Å². The second-order valence-corrected chi connectivity index (χ2v) is 9.23. The summed E-state index contributed by atoms with van der Waals surface area (Å²) in [5, 5.41) is 6.57. The fourth-order valence-electron chi connectivity index (χ4n) is 3.67. The Hall–Kier alpha value is -3.04. The van der Waals surface area contributed by atoms with E-state index in [9.17, 15) is 4.79 Å². The number of piperidine rings is 1. The van der Waals surface area contributed by atoms with Gasteiger partial charge >= 0.3 is 0 Å². The zero-order valence-corrected chi connectivity index (χ0v) is 18.6. The van der Waals surface area contributed by atoms with Gasteiger partial charge < -0.3 is 15.0 Å². The van der Waals surface area contributed by atoms with Crippen molar-refractivity contribution in [2.75, 3.05) is 30.4 Å². The number of nitrogens with zero attached hydrogens (tertiary/aromatic N) is 4. The van der Waals surface area contributed by atoms with Crippen molar-refractivity contribution < 1.29 is 9.53 Å². The Kier molecular flexibility index (Phi) is 5.52. The van der Waals surface area contributed by atoms with Crippen LogP contribution in [0.2, 0.25) is 0 Å². The van der Waals surface area contributed by atoms with Gasteiger partial charge in [0.2, 0.25) is 5.91 Å². The highest BCUT2D eigenvalue weighted by molar-refractivity contribution is 7.22. The second kappa shape index (κ2) is 8.60. The number of carbonyl (C=O) groups excluding carboxylic acids is 1. The van der Waals surface area contributed by atoms with Crippen LogP contribution in [0.3, 0.4) is 0 Å². The molecular formula is C22H21N5O2S2. The number of hydrogen-bond donors (Lipinski definition) is 1. The molecule has 5 rings (SSSR count). The smallest absolute Gasteiger partial charge is 0.229 e. The van der Waals surface area contributed by atoms with E-state index in [-0.39, 0.29) is 11.8 Å². The lowest BCUT2D eigenvalue weighted by Crippen LogP contribution is -2.38. The SMILES string of the molecule is COc1ccc2nc(N3CCC(C(=O)Nc4nc(-c5cccnc5)cs4)CC3)sc2c1. The van der Waals surface area contributed by atoms with Gasteiger partial charge in [-0.05, 0) is 43.2 Å². The standard InChI is InChI=1S/C22H21N5O2S2/c1-29-16-4-5-17-19(11-16)31-22(25-17)27-9-6-14(7-10-27)20(28)26-21-24-18(13-30-21)15-3-2-8-23-12-15/h2-5,8,11-14H,6-7,9-10H2,1H3,(H,24,26,28). The second-order valence-electron chi connectivity index (χ2n) is 7.36. The summed E-state index contributed by atoms with van der Waals surface area (Å²) in [7, 11) is 1.67. The van der Waals surface area contributed by atoms with Crippen molar-refractivity contribution in [2.45, 2.75) is 12.8 Å². The third-order valence-electron chi connectivity index (χ3n) is 5.41. The number of pyridine rings is 1. The van der Waals surface area contributed by atoms with Crippen LogP contribution in [0.25, 0.3) is 21.5 Å². The first kappa shape index (κ1) is 19.9. The molecule has 1 saturated heterocycles. The molecule has 0 unspecified atom stereocenters. The van der Waals surface area contributed by atoms with Gasteiger partial charge in [-0.1, -0.05) is 11.3 Å². The number of benzene rings is 1. The number of amides is 1. The van der Waals surface area contributed by atoms with E-state index in [0.29, 0.717) is 5.13 Å². The first-order chi connectivity index (χ1) is 15.2. The number of rotatable bonds is 5. The van der Waals surface area contributed by atoms with Gasteiger partial charge in [-0.15, -0.1) is 11.3 Å². The molecule has 0 bridgehead atoms. The van der Waals surface area contributed by atoms with Crippen molar-refractivity contribution in [3.05, 3.63) is 48.1 Å². The molecule has 158 valence electrons. The normalized spacial score (nSPS) is 14.7. The first-order valence-electron chi connectivity index (χ1n) is 10.1. The lowest BCUT2D eigenvalue weighted by molar-refractivity contribution is -0.120. The molecule has 1 aliphatic rings. The van der Waals surface area contributed by atoms with E-state index in [0.717, 1.165) is 58.3 Å². The number of anilines is 2. The van der Waals surface area contributed by atoms with Gasteiger partial charge in [-0.2, -0.15) is 0 Å². The summed E-state index contributed by atoms with van der Waals surface area (Å²) in [6.45, 7) is 1.63. The van der Waals surface area contributed by atoms with Crippen molar-refractivity contribution in [3.63, 3.8) is 0 Å². The summed E-state index contributed by atoms with van der Waals surface area (Å²) >= 11 is 3.11. The third kappa shape index (κ3) is 4.24. The fourth-order valence-corrected chi connectivity index (χ4v) is 5.44. The van der Waals surface area contributed by atoms with Crippen LogP contribution in [0, 0.1) is 5.92 Å². The van der Waals surface area contributed by atoms with E-state index in [1.807, 2.05) is 35.7 Å². The monoisotopic (exact) mass is 451 g/mol. The van der Waals surface area contributed by atoms with Gasteiger partial charge in [-0.25, -0.2) is 9.97 Å². The van der Waals surface area contributed by atoms with E-state index in [2.05, 4.69) is 20.2 Å². The van der Waals surface area contributed by atoms with Crippen LogP contribution < -0.4 is 15.0 Å². The van der Waals surface area contributed by atoms with Crippen LogP contribution in [0.1, 0.15) is 12.8 Å². The zero-order chi connectivity index (χ0) is 21.2. The minimum atomic E-state index is -0.0172. The Bertz CT molecular complexity index is 1200. The highest BCUT2D eigenvalue weighted by Crippen LogP contribution is 2.34. The molecule has 1 aliphatic heterocycles. The van der Waals surface area contributed by atoms with E-state index in [4.69, 9.17) is 9.72 Å². The van der Waals surface area contributed by atoms with E-state index in [1.54, 1.807) is 30.8 Å². The molecule has 3 aromatic heterocycles. The topological polar surface area (TPSA) is 80.2 Å². The molecule has 0 aliphatic carbocycles. The number of nitrogens with one attached hydrogen (secondary N) is 1. The van der Waals surface area contributed by atoms with E-state index < -0.39 is 0 Å². The highest BCUT2D eigenvalue weighted by atomic mass is 32.1. The molecule has 0 spiro atoms. The molecule has 1 fully saturated rings. The van der Waals surface area contributed by atoms with Gasteiger partial charge in [0, 0.05) is 42.3 Å². The Balaban J connectivity index is 1.20. The van der Waals surface area contributed by atoms with Crippen LogP contribution in [0.5, 0.6) is 5.75 Å². The minimum Gasteiger partial charge on any atom is -0.497 e. The number of hydrogen-bond acceptors (Lipinski definition) is 8. The summed E-state index contributed by atoms with van der Waals surface area (Å²) in [5.41, 5.74) is 2.76. The zero-order valence-electron chi connectivity index (χ0n) is 16.9. The van der Waals surface area contributed by atoms with Gasteiger partial charge in [0.05, 0.1) is 23.0 Å². The Morgan fingerprint density at radius 2 is 2.10 bits per heavy atom. The third-order valence-corrected chi connectivity index (χ3v) is 7.25. The molecule has 0 atom stereocenters. The number of methoxy groups -OCH3 is 1. The Morgan fingerprint density at radius 1 is 1.23 bits per heavy atom. The van der Waals surface area contributed by atoms with Gasteiger partial charge in [-0.3, -0.25) is 9.78 Å². The molecule has 9 heteroatoms. The van der Waals surface area contributed by atoms with Crippen molar-refractivity contribution in [1.82, 2.24) is 15.0 Å². The molecule has 0 saturated carbocycles. The fraction of sp³-hybridized carbons (Fsp3) is 0.273. The molecule has 4 aromatic rings. The summed E-state index contributed by atoms with van der Waals surface area (Å²) in [4.78, 5) is 28.4. The first-order valence-corrected chi connectivity index (χ1v) is 11.8. The lowest BCUT2D eigenvalue weighted by atomic mass is 9.96. The maximum absolute atomic E-state index is 12.8. The lowest BCUT2D eigenvalue weighted by Gasteiger charge is -2.30. The number of carbonyl (C=O) groups is 1. The number of fused-ring (bicyclic) bond motifs is 1. The largest absolute Gasteiger partial charge is 0.497 e. The van der Waals surface area contributed by atoms with Gasteiger partial charge in [0.15, 0.2) is 10.3 Å². The Morgan fingerprint density at radius 3 is 2.87 bits per heavy atom. The molecule has 7 nitrogen and oxygen atoms in total. The average Bonchev–Trinajstić information content (AvgIpc) is 3.46. The van der Waals surface area contributed by atoms with Crippen molar-refractivity contribution in [3.8, 4) is 17.0 Å². The minimum absolute atomic E-state index is 0.0172. The van der Waals surface area contributed by atoms with Crippen LogP contribution in [0.15, 0.2) is 48.1 Å². The maximum Gasteiger partial charge on any atom is 0.229 e. The number of thiazole rings is 2. The number of ether oxygens (including phenoxy) is 1.